The van der Waals surface area contributed by atoms with Gasteiger partial charge in [0.15, 0.2) is 0 Å². The van der Waals surface area contributed by atoms with Crippen LogP contribution >= 0.6 is 0 Å². The molecule has 0 unspecified atom stereocenters. The number of hydrogen-bond acceptors (Lipinski definition) is 4. The zero-order valence-electron chi connectivity index (χ0n) is 22.3. The van der Waals surface area contributed by atoms with Gasteiger partial charge in [0.1, 0.15) is 18.1 Å². The van der Waals surface area contributed by atoms with Crippen LogP contribution < -0.4 is 5.32 Å². The van der Waals surface area contributed by atoms with Crippen molar-refractivity contribution < 1.29 is 18.4 Å². The molecule has 5 aromatic rings. The predicted octanol–water partition coefficient (Wildman–Crippen LogP) is 6.68. The molecule has 1 N–H and O–H groups in total. The molecule has 7 nitrogen and oxygen atoms in total. The van der Waals surface area contributed by atoms with Gasteiger partial charge in [0.2, 0.25) is 11.9 Å². The van der Waals surface area contributed by atoms with E-state index in [1.807, 2.05) is 53.2 Å². The SMILES string of the molecule is CC(C)c1ccc(-n2cc(-c3ccccc3)nc2NC(=O)CN(Cc2ccco2)C(=O)c2ccc(F)cc2)cc1. The number of benzene rings is 3. The minimum Gasteiger partial charge on any atom is -0.467 e. The zero-order chi connectivity index (χ0) is 28.1. The maximum Gasteiger partial charge on any atom is 0.254 e. The molecule has 8 heteroatoms. The highest BCUT2D eigenvalue weighted by atomic mass is 19.1. The van der Waals surface area contributed by atoms with Gasteiger partial charge in [-0.2, -0.15) is 0 Å². The van der Waals surface area contributed by atoms with Gasteiger partial charge in [-0.25, -0.2) is 9.37 Å². The normalized spacial score (nSPS) is 11.0. The second-order valence-electron chi connectivity index (χ2n) is 9.73. The summed E-state index contributed by atoms with van der Waals surface area (Å²) in [4.78, 5) is 32.7. The highest BCUT2D eigenvalue weighted by molar-refractivity contribution is 5.99. The number of carbonyl (C=O) groups is 2. The molecule has 0 fully saturated rings. The van der Waals surface area contributed by atoms with Gasteiger partial charge in [-0.1, -0.05) is 56.3 Å². The Hall–Kier alpha value is -4.98. The van der Waals surface area contributed by atoms with E-state index in [0.717, 1.165) is 11.3 Å². The summed E-state index contributed by atoms with van der Waals surface area (Å²) in [5, 5.41) is 2.89. The highest BCUT2D eigenvalue weighted by Crippen LogP contribution is 2.26. The van der Waals surface area contributed by atoms with Gasteiger partial charge in [0.05, 0.1) is 18.5 Å². The quantitative estimate of drug-likeness (QED) is 0.228. The van der Waals surface area contributed by atoms with E-state index in [1.54, 1.807) is 12.1 Å². The third-order valence-electron chi connectivity index (χ3n) is 6.50. The summed E-state index contributed by atoms with van der Waals surface area (Å²) in [7, 11) is 0. The van der Waals surface area contributed by atoms with Crippen LogP contribution in [0.1, 0.15) is 41.4 Å². The van der Waals surface area contributed by atoms with Crippen molar-refractivity contribution in [3.05, 3.63) is 126 Å². The van der Waals surface area contributed by atoms with Gasteiger partial charge in [0.25, 0.3) is 5.91 Å². The lowest BCUT2D eigenvalue weighted by Gasteiger charge is -2.21. The number of furan rings is 1. The molecule has 0 saturated heterocycles. The monoisotopic (exact) mass is 536 g/mol. The van der Waals surface area contributed by atoms with Crippen molar-refractivity contribution in [3.8, 4) is 16.9 Å². The Balaban J connectivity index is 1.43. The molecule has 2 aromatic heterocycles. The first-order valence-corrected chi connectivity index (χ1v) is 13.0. The highest BCUT2D eigenvalue weighted by Gasteiger charge is 2.22. The van der Waals surface area contributed by atoms with Crippen LogP contribution in [0.15, 0.2) is 108 Å². The zero-order valence-corrected chi connectivity index (χ0v) is 22.3. The molecule has 0 radical (unpaired) electrons. The van der Waals surface area contributed by atoms with Crippen molar-refractivity contribution in [2.24, 2.45) is 0 Å². The van der Waals surface area contributed by atoms with Gasteiger partial charge in [-0.3, -0.25) is 19.5 Å². The summed E-state index contributed by atoms with van der Waals surface area (Å²) >= 11 is 0. The van der Waals surface area contributed by atoms with Crippen molar-refractivity contribution in [1.82, 2.24) is 14.5 Å². The Morgan fingerprint density at radius 1 is 0.950 bits per heavy atom. The van der Waals surface area contributed by atoms with Crippen molar-refractivity contribution in [2.75, 3.05) is 11.9 Å². The number of imidazole rings is 1. The molecular formula is C32H29FN4O3. The van der Waals surface area contributed by atoms with E-state index >= 15 is 0 Å². The molecule has 40 heavy (non-hydrogen) atoms. The van der Waals surface area contributed by atoms with Crippen molar-refractivity contribution >= 4 is 17.8 Å². The summed E-state index contributed by atoms with van der Waals surface area (Å²) in [6.45, 7) is 4.06. The van der Waals surface area contributed by atoms with Crippen molar-refractivity contribution in [3.63, 3.8) is 0 Å². The molecular weight excluding hydrogens is 507 g/mol. The van der Waals surface area contributed by atoms with Crippen molar-refractivity contribution in [2.45, 2.75) is 26.3 Å². The van der Waals surface area contributed by atoms with Crippen LogP contribution in [0.25, 0.3) is 16.9 Å². The standard InChI is InChI=1S/C32H29FN4O3/c1-22(2)23-12-16-27(17-13-23)37-20-29(24-7-4-3-5-8-24)34-32(37)35-30(38)21-36(19-28-9-6-18-40-28)31(39)25-10-14-26(33)15-11-25/h3-18,20,22H,19,21H2,1-2H3,(H,34,35,38). The second-order valence-corrected chi connectivity index (χ2v) is 9.73. The van der Waals surface area contributed by atoms with Gasteiger partial charge < -0.3 is 9.32 Å². The van der Waals surface area contributed by atoms with Crippen LogP contribution in [-0.4, -0.2) is 32.8 Å². The number of anilines is 1. The Kier molecular flexibility index (Phi) is 7.87. The number of halogens is 1. The average molecular weight is 537 g/mol. The van der Waals surface area contributed by atoms with Crippen molar-refractivity contribution in [1.29, 1.82) is 0 Å². The molecule has 0 atom stereocenters. The third kappa shape index (κ3) is 6.18. The summed E-state index contributed by atoms with van der Waals surface area (Å²) in [6, 6.07) is 26.4. The van der Waals surface area contributed by atoms with Gasteiger partial charge in [-0.15, -0.1) is 0 Å². The fourth-order valence-electron chi connectivity index (χ4n) is 4.34. The van der Waals surface area contributed by atoms with Crippen LogP contribution in [0.3, 0.4) is 0 Å². The van der Waals surface area contributed by atoms with E-state index in [-0.39, 0.29) is 18.7 Å². The molecule has 0 aliphatic heterocycles. The van der Waals surface area contributed by atoms with Gasteiger partial charge >= 0.3 is 0 Å². The van der Waals surface area contributed by atoms with Crippen LogP contribution in [0, 0.1) is 5.82 Å². The maximum atomic E-state index is 13.5. The molecule has 2 heterocycles. The summed E-state index contributed by atoms with van der Waals surface area (Å²) in [6.07, 6.45) is 3.38. The molecule has 202 valence electrons. The minimum absolute atomic E-state index is 0.0665. The largest absolute Gasteiger partial charge is 0.467 e. The topological polar surface area (TPSA) is 80.4 Å². The lowest BCUT2D eigenvalue weighted by molar-refractivity contribution is -0.117. The van der Waals surface area contributed by atoms with Crippen LogP contribution in [0.4, 0.5) is 10.3 Å². The average Bonchev–Trinajstić information content (AvgIpc) is 3.63. The second kappa shape index (κ2) is 11.8. The number of amides is 2. The van der Waals surface area contributed by atoms with E-state index in [2.05, 4.69) is 31.3 Å². The molecule has 0 aliphatic rings. The Bertz CT molecular complexity index is 1580. The predicted molar refractivity (Wildman–Crippen MR) is 152 cm³/mol. The molecule has 0 saturated carbocycles. The number of hydrogen-bond donors (Lipinski definition) is 1. The van der Waals surface area contributed by atoms with Gasteiger partial charge in [0, 0.05) is 23.0 Å². The van der Waals surface area contributed by atoms with E-state index < -0.39 is 17.6 Å². The Morgan fingerprint density at radius 3 is 2.33 bits per heavy atom. The van der Waals surface area contributed by atoms with Crippen LogP contribution in [0.5, 0.6) is 0 Å². The van der Waals surface area contributed by atoms with E-state index in [0.29, 0.717) is 23.3 Å². The number of rotatable bonds is 9. The minimum atomic E-state index is -0.450. The molecule has 5 rings (SSSR count). The van der Waals surface area contributed by atoms with E-state index in [4.69, 9.17) is 9.40 Å². The summed E-state index contributed by atoms with van der Waals surface area (Å²) in [5.41, 5.74) is 3.90. The van der Waals surface area contributed by atoms with Crippen LogP contribution in [-0.2, 0) is 11.3 Å². The number of carbonyl (C=O) groups excluding carboxylic acids is 2. The third-order valence-corrected chi connectivity index (χ3v) is 6.50. The Morgan fingerprint density at radius 2 is 1.68 bits per heavy atom. The molecule has 2 amide bonds. The summed E-state index contributed by atoms with van der Waals surface area (Å²) in [5.74, 6) is -0.0878. The molecule has 3 aromatic carbocycles. The summed E-state index contributed by atoms with van der Waals surface area (Å²) < 4.78 is 20.7. The molecule has 0 spiro atoms. The van der Waals surface area contributed by atoms with Gasteiger partial charge in [-0.05, 0) is 60.0 Å². The van der Waals surface area contributed by atoms with Crippen LogP contribution in [0.2, 0.25) is 0 Å². The van der Waals surface area contributed by atoms with E-state index in [1.165, 1.54) is 41.0 Å². The number of nitrogens with one attached hydrogen (secondary N) is 1. The number of aromatic nitrogens is 2. The molecule has 0 bridgehead atoms. The fraction of sp³-hybridized carbons (Fsp3) is 0.156. The lowest BCUT2D eigenvalue weighted by Crippen LogP contribution is -2.37. The number of nitrogens with zero attached hydrogens (tertiary/aromatic N) is 3. The fourth-order valence-corrected chi connectivity index (χ4v) is 4.34. The molecule has 0 aliphatic carbocycles. The Labute approximate surface area is 231 Å². The first kappa shape index (κ1) is 26.6. The smallest absolute Gasteiger partial charge is 0.254 e. The first-order valence-electron chi connectivity index (χ1n) is 13.0. The van der Waals surface area contributed by atoms with E-state index in [9.17, 15) is 14.0 Å². The first-order chi connectivity index (χ1) is 19.4. The lowest BCUT2D eigenvalue weighted by atomic mass is 10.0. The maximum absolute atomic E-state index is 13.5.